The summed E-state index contributed by atoms with van der Waals surface area (Å²) in [6.45, 7) is 8.39. The Balaban J connectivity index is 1.18. The number of aromatic nitrogens is 4. The number of carbonyl (C=O) groups is 1. The van der Waals surface area contributed by atoms with Crippen LogP contribution in [0, 0.1) is 11.7 Å². The lowest BCUT2D eigenvalue weighted by Crippen LogP contribution is -2.29. The molecule has 2 fully saturated rings. The van der Waals surface area contributed by atoms with E-state index in [4.69, 9.17) is 4.98 Å². The summed E-state index contributed by atoms with van der Waals surface area (Å²) in [5.74, 6) is -0.159. The van der Waals surface area contributed by atoms with Gasteiger partial charge in [-0.15, -0.1) is 0 Å². The number of quaternary nitrogens is 1. The largest absolute Gasteiger partial charge is 0.505 e. The smallest absolute Gasteiger partial charge is 0.225 e. The molecule has 0 spiro atoms. The van der Waals surface area contributed by atoms with Crippen molar-refractivity contribution >= 4 is 16.8 Å². The number of halogens is 1. The van der Waals surface area contributed by atoms with Gasteiger partial charge in [0, 0.05) is 17.7 Å². The normalized spacial score (nSPS) is 21.8. The van der Waals surface area contributed by atoms with Crippen molar-refractivity contribution in [2.75, 3.05) is 19.6 Å². The predicted molar refractivity (Wildman–Crippen MR) is 132 cm³/mol. The number of carbonyl (C=O) groups excluding carboxylic acids is 1. The molecule has 36 heavy (non-hydrogen) atoms. The number of phenols is 1. The van der Waals surface area contributed by atoms with Crippen LogP contribution in [0.2, 0.25) is 0 Å². The van der Waals surface area contributed by atoms with Gasteiger partial charge in [0.15, 0.2) is 23.4 Å². The van der Waals surface area contributed by atoms with E-state index in [1.807, 2.05) is 36.9 Å². The van der Waals surface area contributed by atoms with Crippen molar-refractivity contribution in [2.24, 2.45) is 5.92 Å². The maximum Gasteiger partial charge on any atom is 0.225 e. The third kappa shape index (κ3) is 3.33. The van der Waals surface area contributed by atoms with Crippen molar-refractivity contribution in [3.63, 3.8) is 0 Å². The molecule has 0 atom stereocenters. The molecular formula is C27H28FN6O2+. The van der Waals surface area contributed by atoms with Crippen LogP contribution >= 0.6 is 0 Å². The van der Waals surface area contributed by atoms with E-state index in [0.717, 1.165) is 63.7 Å². The molecule has 0 aliphatic carbocycles. The number of rotatable bonds is 6. The Labute approximate surface area is 207 Å². The molecule has 4 aromatic rings. The lowest BCUT2D eigenvalue weighted by atomic mass is 9.96. The van der Waals surface area contributed by atoms with Gasteiger partial charge in [-0.05, 0) is 41.0 Å². The predicted octanol–water partition coefficient (Wildman–Crippen LogP) is 3.72. The third-order valence-corrected chi connectivity index (χ3v) is 8.11. The Kier molecular flexibility index (Phi) is 4.43. The van der Waals surface area contributed by atoms with Gasteiger partial charge in [-0.2, -0.15) is 5.10 Å². The highest BCUT2D eigenvalue weighted by Gasteiger charge is 2.72. The van der Waals surface area contributed by atoms with E-state index in [-0.39, 0.29) is 17.6 Å². The van der Waals surface area contributed by atoms with E-state index in [1.54, 1.807) is 6.07 Å². The van der Waals surface area contributed by atoms with Crippen LogP contribution in [0.25, 0.3) is 33.5 Å². The Morgan fingerprint density at radius 1 is 1.25 bits per heavy atom. The Hall–Kier alpha value is -3.72. The number of phenolic OH excluding ortho intramolecular Hbond substituents is 1. The van der Waals surface area contributed by atoms with Crippen molar-refractivity contribution in [1.29, 1.82) is 0 Å². The molecule has 0 bridgehead atoms. The summed E-state index contributed by atoms with van der Waals surface area (Å²) in [5, 5.41) is 18.6. The number of hydrogen-bond donors (Lipinski definition) is 3. The van der Waals surface area contributed by atoms with E-state index >= 15 is 0 Å². The molecule has 184 valence electrons. The molecule has 5 heterocycles. The molecule has 0 radical (unpaired) electrons. The fraction of sp³-hybridized carbons (Fsp3) is 0.370. The van der Waals surface area contributed by atoms with E-state index < -0.39 is 5.82 Å². The lowest BCUT2D eigenvalue weighted by molar-refractivity contribution is -0.701. The number of H-pyrrole nitrogens is 2. The minimum Gasteiger partial charge on any atom is -0.505 e. The van der Waals surface area contributed by atoms with Crippen molar-refractivity contribution in [2.45, 2.75) is 39.4 Å². The van der Waals surface area contributed by atoms with Crippen LogP contribution in [0.4, 0.5) is 4.39 Å². The first-order valence-corrected chi connectivity index (χ1v) is 12.5. The minimum absolute atomic E-state index is 0.0430. The Morgan fingerprint density at radius 2 is 2.06 bits per heavy atom. The second kappa shape index (κ2) is 7.39. The maximum absolute atomic E-state index is 14.4. The topological polar surface area (TPSA) is 97.9 Å². The highest BCUT2D eigenvalue weighted by molar-refractivity contribution is 5.94. The van der Waals surface area contributed by atoms with Crippen molar-refractivity contribution in [1.82, 2.24) is 25.1 Å². The summed E-state index contributed by atoms with van der Waals surface area (Å²) >= 11 is 0. The first-order valence-electron chi connectivity index (χ1n) is 12.5. The van der Waals surface area contributed by atoms with Crippen molar-refractivity contribution < 1.29 is 18.8 Å². The molecule has 0 unspecified atom stereocenters. The van der Waals surface area contributed by atoms with Gasteiger partial charge in [-0.3, -0.25) is 9.89 Å². The Bertz CT molecular complexity index is 1520. The highest BCUT2D eigenvalue weighted by atomic mass is 19.1. The summed E-state index contributed by atoms with van der Waals surface area (Å²) in [7, 11) is 0. The fourth-order valence-corrected chi connectivity index (χ4v) is 5.62. The van der Waals surface area contributed by atoms with Gasteiger partial charge >= 0.3 is 0 Å². The SMILES string of the molecule is CC(C)C(=O)N1Cc2nc(-c3n[nH]c4cc(-c5cc(F)c(O)cc5CC[N+]56CC5C6)ccc34)[nH]c2C1. The molecular weight excluding hydrogens is 459 g/mol. The zero-order valence-corrected chi connectivity index (χ0v) is 20.3. The first kappa shape index (κ1) is 21.6. The van der Waals surface area contributed by atoms with Crippen molar-refractivity contribution in [3.05, 3.63) is 53.1 Å². The van der Waals surface area contributed by atoms with Gasteiger partial charge in [0.2, 0.25) is 5.91 Å². The summed E-state index contributed by atoms with van der Waals surface area (Å²) in [4.78, 5) is 22.2. The standard InChI is InChI=1S/C27H27FN6O2/c1-14(2)27(36)33-10-22-23(11-33)30-26(29-22)25-18-4-3-15(7-21(18)31-32-25)19-9-20(28)24(35)8-16(19)5-6-34-12-17(34)13-34/h3-4,7-9,14,17H,5-6,10-13H2,1-2H3,(H2-,29,30,31,32,35)/p+1. The second-order valence-corrected chi connectivity index (χ2v) is 10.9. The number of benzene rings is 2. The van der Waals surface area contributed by atoms with Crippen LogP contribution in [0.1, 0.15) is 30.8 Å². The third-order valence-electron chi connectivity index (χ3n) is 8.11. The van der Waals surface area contributed by atoms with Crippen LogP contribution in [-0.2, 0) is 24.3 Å². The number of imidazole rings is 1. The van der Waals surface area contributed by atoms with E-state index in [9.17, 15) is 14.3 Å². The van der Waals surface area contributed by atoms with Gasteiger partial charge in [-0.25, -0.2) is 9.37 Å². The van der Waals surface area contributed by atoms with Crippen LogP contribution in [0.5, 0.6) is 5.75 Å². The number of hydrogen-bond acceptors (Lipinski definition) is 4. The second-order valence-electron chi connectivity index (χ2n) is 10.9. The highest BCUT2D eigenvalue weighted by Crippen LogP contribution is 2.48. The average Bonchev–Trinajstić information content (AvgIpc) is 3.45. The van der Waals surface area contributed by atoms with Crippen LogP contribution in [0.3, 0.4) is 0 Å². The van der Waals surface area contributed by atoms with Crippen molar-refractivity contribution in [3.8, 4) is 28.4 Å². The lowest BCUT2D eigenvalue weighted by Gasteiger charge is -2.17. The first-order chi connectivity index (χ1) is 17.3. The quantitative estimate of drug-likeness (QED) is 0.285. The minimum atomic E-state index is -0.613. The molecule has 0 saturated carbocycles. The molecule has 9 heteroatoms. The average molecular weight is 488 g/mol. The van der Waals surface area contributed by atoms with Gasteiger partial charge in [0.25, 0.3) is 0 Å². The molecule has 8 nitrogen and oxygen atoms in total. The number of aromatic amines is 2. The van der Waals surface area contributed by atoms with Crippen LogP contribution < -0.4 is 0 Å². The maximum atomic E-state index is 14.4. The van der Waals surface area contributed by atoms with Gasteiger partial charge < -0.3 is 19.5 Å². The van der Waals surface area contributed by atoms with Gasteiger partial charge in [0.1, 0.15) is 18.8 Å². The summed E-state index contributed by atoms with van der Waals surface area (Å²) < 4.78 is 15.5. The Morgan fingerprint density at radius 3 is 2.78 bits per heavy atom. The van der Waals surface area contributed by atoms with E-state index in [1.165, 1.54) is 23.6 Å². The molecule has 3 aliphatic rings. The molecule has 2 aromatic heterocycles. The summed E-state index contributed by atoms with van der Waals surface area (Å²) in [5.41, 5.74) is 6.01. The molecule has 3 aliphatic heterocycles. The van der Waals surface area contributed by atoms with Gasteiger partial charge in [0.05, 0.1) is 36.5 Å². The molecule has 1 amide bonds. The zero-order chi connectivity index (χ0) is 24.8. The van der Waals surface area contributed by atoms with Gasteiger partial charge in [-0.1, -0.05) is 19.9 Å². The summed E-state index contributed by atoms with van der Waals surface area (Å²) in [6.07, 6.45) is 0.806. The number of nitrogens with zero attached hydrogens (tertiary/aromatic N) is 4. The number of aromatic hydroxyl groups is 1. The van der Waals surface area contributed by atoms with E-state index in [2.05, 4.69) is 15.2 Å². The van der Waals surface area contributed by atoms with E-state index in [0.29, 0.717) is 18.9 Å². The molecule has 2 aromatic carbocycles. The van der Waals surface area contributed by atoms with Crippen LogP contribution in [-0.4, -0.2) is 66.2 Å². The zero-order valence-electron chi connectivity index (χ0n) is 20.3. The number of nitrogens with one attached hydrogen (secondary N) is 2. The number of amides is 1. The molecule has 7 rings (SSSR count). The molecule has 3 N–H and O–H groups in total. The number of fused-ring (bicyclic) bond motifs is 3. The molecule has 2 saturated heterocycles. The summed E-state index contributed by atoms with van der Waals surface area (Å²) in [6, 6.07) is 9.78. The van der Waals surface area contributed by atoms with Crippen LogP contribution in [0.15, 0.2) is 30.3 Å². The fourth-order valence-electron chi connectivity index (χ4n) is 5.62. The monoisotopic (exact) mass is 487 g/mol.